The molecule has 0 saturated heterocycles. The van der Waals surface area contributed by atoms with Crippen LogP contribution in [0.15, 0.2) is 4.99 Å². The SMILES string of the molecule is NCC([O-])=N[C@@H]1C[C@H](OC[P+]([O-])([O-])O)[C@@H](O)[C@H]1O. The molecular weight excluding hydrogens is 267 g/mol. The van der Waals surface area contributed by atoms with Crippen LogP contribution in [-0.2, 0) is 4.74 Å². The molecule has 0 radical (unpaired) electrons. The van der Waals surface area contributed by atoms with Crippen molar-refractivity contribution in [3.63, 3.8) is 0 Å². The lowest BCUT2D eigenvalue weighted by atomic mass is 10.2. The van der Waals surface area contributed by atoms with Crippen molar-refractivity contribution < 1.29 is 34.7 Å². The van der Waals surface area contributed by atoms with E-state index in [9.17, 15) is 25.1 Å². The zero-order valence-electron chi connectivity index (χ0n) is 9.38. The van der Waals surface area contributed by atoms with Gasteiger partial charge in [0.2, 0.25) is 0 Å². The number of aliphatic imine (C=N–C) groups is 1. The number of hydrogen-bond acceptors (Lipinski definition) is 9. The van der Waals surface area contributed by atoms with Gasteiger partial charge in [0.1, 0.15) is 12.2 Å². The van der Waals surface area contributed by atoms with Crippen LogP contribution in [0.5, 0.6) is 0 Å². The zero-order chi connectivity index (χ0) is 13.9. The molecule has 5 N–H and O–H groups in total. The molecule has 0 aromatic heterocycles. The summed E-state index contributed by atoms with van der Waals surface area (Å²) in [5.74, 6) is -0.636. The van der Waals surface area contributed by atoms with E-state index in [-0.39, 0.29) is 13.0 Å². The molecule has 106 valence electrons. The van der Waals surface area contributed by atoms with Crippen LogP contribution in [0.3, 0.4) is 0 Å². The number of ether oxygens (including phenoxy) is 1. The molecule has 1 fully saturated rings. The number of nitrogens with two attached hydrogens (primary N) is 1. The molecule has 0 unspecified atom stereocenters. The molecule has 0 heterocycles. The van der Waals surface area contributed by atoms with Crippen molar-refractivity contribution in [2.45, 2.75) is 30.8 Å². The molecule has 4 atom stereocenters. The fraction of sp³-hybridized carbons (Fsp3) is 0.875. The maximum absolute atomic E-state index is 11.0. The summed E-state index contributed by atoms with van der Waals surface area (Å²) in [6, 6.07) is -0.897. The Kier molecular flexibility index (Phi) is 5.38. The Balaban J connectivity index is 2.59. The van der Waals surface area contributed by atoms with Gasteiger partial charge in [-0.3, -0.25) is 9.89 Å². The minimum atomic E-state index is -4.60. The van der Waals surface area contributed by atoms with E-state index in [4.69, 9.17) is 15.4 Å². The average molecular weight is 282 g/mol. The third kappa shape index (κ3) is 4.38. The van der Waals surface area contributed by atoms with Crippen LogP contribution in [0.2, 0.25) is 0 Å². The molecule has 0 aromatic rings. The van der Waals surface area contributed by atoms with Crippen LogP contribution in [0.1, 0.15) is 6.42 Å². The predicted molar refractivity (Wildman–Crippen MR) is 55.8 cm³/mol. The Bertz CT molecular complexity index is 308. The molecule has 18 heavy (non-hydrogen) atoms. The number of aliphatic hydroxyl groups is 2. The van der Waals surface area contributed by atoms with Crippen molar-refractivity contribution in [1.29, 1.82) is 0 Å². The first kappa shape index (κ1) is 15.7. The standard InChI is InChI=1S/C8H17N2O7P/c9-2-6(11)10-4-1-5(8(13)7(4)12)17-3-18(14,15)16/h4-5,7-8,12-13H,1-3,9H2,(H,10,11)(H2,14,15,16)/p-2/t4-,5+,7+,8-/m1/s1. The summed E-state index contributed by atoms with van der Waals surface area (Å²) in [5.41, 5.74) is 5.05. The van der Waals surface area contributed by atoms with Crippen molar-refractivity contribution in [3.8, 4) is 0 Å². The van der Waals surface area contributed by atoms with E-state index in [0.717, 1.165) is 0 Å². The lowest BCUT2D eigenvalue weighted by Crippen LogP contribution is -2.36. The maximum Gasteiger partial charge on any atom is 0.174 e. The first-order chi connectivity index (χ1) is 8.24. The van der Waals surface area contributed by atoms with Crippen LogP contribution in [0.25, 0.3) is 0 Å². The summed E-state index contributed by atoms with van der Waals surface area (Å²) >= 11 is 0. The Morgan fingerprint density at radius 2 is 2.00 bits per heavy atom. The summed E-state index contributed by atoms with van der Waals surface area (Å²) in [6.45, 7) is -0.322. The van der Waals surface area contributed by atoms with Gasteiger partial charge in [-0.15, -0.1) is 0 Å². The van der Waals surface area contributed by atoms with Crippen molar-refractivity contribution in [3.05, 3.63) is 0 Å². The summed E-state index contributed by atoms with van der Waals surface area (Å²) in [4.78, 5) is 33.1. The molecular formula is C8H15N2O7P-2. The van der Waals surface area contributed by atoms with Gasteiger partial charge in [-0.1, -0.05) is 0 Å². The second-order valence-corrected chi connectivity index (χ2v) is 5.52. The van der Waals surface area contributed by atoms with Crippen molar-refractivity contribution in [1.82, 2.24) is 0 Å². The highest BCUT2D eigenvalue weighted by molar-refractivity contribution is 7.55. The molecule has 0 bridgehead atoms. The van der Waals surface area contributed by atoms with E-state index in [0.29, 0.717) is 0 Å². The van der Waals surface area contributed by atoms with Gasteiger partial charge in [0, 0.05) is 13.0 Å². The van der Waals surface area contributed by atoms with E-state index >= 15 is 0 Å². The average Bonchev–Trinajstić information content (AvgIpc) is 2.53. The second-order valence-electron chi connectivity index (χ2n) is 3.98. The minimum Gasteiger partial charge on any atom is -0.861 e. The van der Waals surface area contributed by atoms with Crippen molar-refractivity contribution >= 4 is 13.8 Å². The quantitative estimate of drug-likeness (QED) is 0.220. The van der Waals surface area contributed by atoms with Gasteiger partial charge in [0.05, 0.1) is 20.1 Å². The van der Waals surface area contributed by atoms with Gasteiger partial charge in [-0.25, -0.2) is 0 Å². The molecule has 1 aliphatic carbocycles. The third-order valence-corrected chi connectivity index (χ3v) is 3.01. The van der Waals surface area contributed by atoms with Gasteiger partial charge >= 0.3 is 0 Å². The van der Waals surface area contributed by atoms with E-state index in [1.54, 1.807) is 0 Å². The highest BCUT2D eigenvalue weighted by Gasteiger charge is 2.42. The van der Waals surface area contributed by atoms with Crippen molar-refractivity contribution in [2.75, 3.05) is 12.9 Å². The molecule has 1 aliphatic rings. The normalized spacial score (nSPS) is 34.0. The lowest BCUT2D eigenvalue weighted by molar-refractivity contribution is -0.337. The van der Waals surface area contributed by atoms with Crippen LogP contribution in [-0.4, -0.2) is 58.3 Å². The van der Waals surface area contributed by atoms with Crippen LogP contribution < -0.4 is 20.6 Å². The summed E-state index contributed by atoms with van der Waals surface area (Å²) < 4.78 is 4.76. The van der Waals surface area contributed by atoms with Crippen LogP contribution >= 0.6 is 7.94 Å². The Morgan fingerprint density at radius 3 is 2.50 bits per heavy atom. The number of aliphatic hydroxyl groups excluding tert-OH is 2. The lowest BCUT2D eigenvalue weighted by Gasteiger charge is -2.29. The number of nitrogens with zero attached hydrogens (tertiary/aromatic N) is 1. The van der Waals surface area contributed by atoms with Gasteiger partial charge in [-0.2, -0.15) is 0 Å². The van der Waals surface area contributed by atoms with E-state index < -0.39 is 44.5 Å². The highest BCUT2D eigenvalue weighted by Crippen LogP contribution is 2.36. The minimum absolute atomic E-state index is 0.0337. The van der Waals surface area contributed by atoms with E-state index in [1.807, 2.05) is 0 Å². The fourth-order valence-electron chi connectivity index (χ4n) is 1.69. The van der Waals surface area contributed by atoms with Gasteiger partial charge < -0.3 is 35.6 Å². The maximum atomic E-state index is 11.0. The number of rotatable bonds is 5. The Hall–Kier alpha value is -0.380. The molecule has 0 aromatic carbocycles. The largest absolute Gasteiger partial charge is 0.861 e. The van der Waals surface area contributed by atoms with Gasteiger partial charge in [-0.05, 0) is 5.90 Å². The summed E-state index contributed by atoms with van der Waals surface area (Å²) in [5, 5.41) is 30.1. The summed E-state index contributed by atoms with van der Waals surface area (Å²) in [7, 11) is -4.60. The molecule has 1 rings (SSSR count). The van der Waals surface area contributed by atoms with E-state index in [1.165, 1.54) is 0 Å². The molecule has 1 saturated carbocycles. The number of hydrogen-bond donors (Lipinski definition) is 4. The molecule has 9 nitrogen and oxygen atoms in total. The fourth-order valence-corrected chi connectivity index (χ4v) is 2.07. The smallest absolute Gasteiger partial charge is 0.174 e. The first-order valence-corrected chi connectivity index (χ1v) is 6.95. The van der Waals surface area contributed by atoms with Crippen molar-refractivity contribution in [2.24, 2.45) is 10.7 Å². The molecule has 10 heteroatoms. The topological polar surface area (TPSA) is 177 Å². The highest BCUT2D eigenvalue weighted by atomic mass is 31.2. The first-order valence-electron chi connectivity index (χ1n) is 5.19. The Labute approximate surface area is 104 Å². The molecule has 0 spiro atoms. The summed E-state index contributed by atoms with van der Waals surface area (Å²) in [6.07, 6.45) is -4.74. The van der Waals surface area contributed by atoms with Gasteiger partial charge in [0.25, 0.3) is 0 Å². The second kappa shape index (κ2) is 6.18. The monoisotopic (exact) mass is 282 g/mol. The molecule has 0 aliphatic heterocycles. The van der Waals surface area contributed by atoms with E-state index in [2.05, 4.69) is 4.99 Å². The van der Waals surface area contributed by atoms with Crippen LogP contribution in [0.4, 0.5) is 0 Å². The van der Waals surface area contributed by atoms with Crippen LogP contribution in [0, 0.1) is 0 Å². The Morgan fingerprint density at radius 1 is 1.39 bits per heavy atom. The zero-order valence-corrected chi connectivity index (χ0v) is 10.3. The van der Waals surface area contributed by atoms with Gasteiger partial charge in [0.15, 0.2) is 6.35 Å². The third-order valence-electron chi connectivity index (χ3n) is 2.54. The predicted octanol–water partition coefficient (Wildman–Crippen LogP) is -4.98. The molecule has 0 amide bonds.